The summed E-state index contributed by atoms with van der Waals surface area (Å²) in [6, 6.07) is 12.3. The van der Waals surface area contributed by atoms with Gasteiger partial charge in [0.25, 0.3) is 5.91 Å². The highest BCUT2D eigenvalue weighted by Crippen LogP contribution is 2.38. The van der Waals surface area contributed by atoms with Crippen LogP contribution in [-0.2, 0) is 24.9 Å². The van der Waals surface area contributed by atoms with Crippen molar-refractivity contribution in [2.75, 3.05) is 32.6 Å². The van der Waals surface area contributed by atoms with Gasteiger partial charge >= 0.3 is 0 Å². The number of benzene rings is 1. The number of nitrogens with one attached hydrogen (secondary N) is 2. The zero-order chi connectivity index (χ0) is 24.8. The molecule has 1 amide bonds. The first kappa shape index (κ1) is 22.7. The van der Waals surface area contributed by atoms with Crippen molar-refractivity contribution >= 4 is 28.4 Å². The smallest absolute Gasteiger partial charge is 0.254 e. The van der Waals surface area contributed by atoms with Gasteiger partial charge in [0, 0.05) is 50.4 Å². The van der Waals surface area contributed by atoms with Crippen LogP contribution in [0.15, 0.2) is 48.8 Å². The summed E-state index contributed by atoms with van der Waals surface area (Å²) >= 11 is 0. The largest absolute Gasteiger partial charge is 0.381 e. The van der Waals surface area contributed by atoms with Gasteiger partial charge in [-0.1, -0.05) is 12.1 Å². The lowest BCUT2D eigenvalue weighted by Gasteiger charge is -2.19. The van der Waals surface area contributed by atoms with E-state index in [1.165, 1.54) is 5.56 Å². The van der Waals surface area contributed by atoms with Crippen molar-refractivity contribution in [3.8, 4) is 11.1 Å². The van der Waals surface area contributed by atoms with Gasteiger partial charge in [-0.3, -0.25) is 4.79 Å². The van der Waals surface area contributed by atoms with E-state index in [0.717, 1.165) is 71.1 Å². The lowest BCUT2D eigenvalue weighted by atomic mass is 9.94. The fraction of sp³-hybridized carbons (Fsp3) is 0.321. The molecule has 6 rings (SSSR count). The number of carbonyl (C=O) groups is 1. The molecule has 36 heavy (non-hydrogen) atoms. The molecule has 2 aliphatic rings. The van der Waals surface area contributed by atoms with Crippen molar-refractivity contribution in [1.29, 1.82) is 0 Å². The van der Waals surface area contributed by atoms with E-state index in [0.29, 0.717) is 18.0 Å². The third-order valence-corrected chi connectivity index (χ3v) is 7.13. The van der Waals surface area contributed by atoms with E-state index < -0.39 is 0 Å². The van der Waals surface area contributed by atoms with E-state index in [4.69, 9.17) is 9.72 Å². The maximum atomic E-state index is 13.0. The molecule has 4 aromatic rings. The molecule has 8 nitrogen and oxygen atoms in total. The fourth-order valence-corrected chi connectivity index (χ4v) is 5.40. The molecular formula is C28H30N6O2. The minimum absolute atomic E-state index is 0.0686. The molecular weight excluding hydrogens is 452 g/mol. The number of rotatable bonds is 6. The lowest BCUT2D eigenvalue weighted by Crippen LogP contribution is -2.16. The maximum absolute atomic E-state index is 13.0. The van der Waals surface area contributed by atoms with Crippen LogP contribution in [0.25, 0.3) is 22.2 Å². The number of anilines is 2. The SMILES string of the molecule is CN(C)Cc1nc(Nc2ccc(-c3ccnc4c3ccn4C)c3c2C(=O)NC3)ccc1[C@@H]1CCOC1. The number of aromatic nitrogens is 3. The number of nitrogens with zero attached hydrogens (tertiary/aromatic N) is 4. The van der Waals surface area contributed by atoms with Crippen molar-refractivity contribution in [2.24, 2.45) is 7.05 Å². The highest BCUT2D eigenvalue weighted by Gasteiger charge is 2.27. The van der Waals surface area contributed by atoms with Gasteiger partial charge in [-0.15, -0.1) is 0 Å². The molecule has 0 spiro atoms. The third kappa shape index (κ3) is 3.92. The number of aryl methyl sites for hydroxylation is 1. The Hall–Kier alpha value is -3.75. The summed E-state index contributed by atoms with van der Waals surface area (Å²) in [4.78, 5) is 24.6. The second-order valence-corrected chi connectivity index (χ2v) is 9.88. The Bertz CT molecular complexity index is 1470. The maximum Gasteiger partial charge on any atom is 0.254 e. The Kier molecular flexibility index (Phi) is 5.70. The van der Waals surface area contributed by atoms with Crippen molar-refractivity contribution in [3.05, 3.63) is 71.2 Å². The van der Waals surface area contributed by atoms with Crippen LogP contribution < -0.4 is 10.6 Å². The summed E-state index contributed by atoms with van der Waals surface area (Å²) in [6.07, 6.45) is 4.86. The third-order valence-electron chi connectivity index (χ3n) is 7.13. The molecule has 3 aromatic heterocycles. The van der Waals surface area contributed by atoms with Crippen molar-refractivity contribution < 1.29 is 9.53 Å². The molecule has 0 bridgehead atoms. The predicted molar refractivity (Wildman–Crippen MR) is 140 cm³/mol. The molecule has 0 saturated carbocycles. The molecule has 2 aliphatic heterocycles. The van der Waals surface area contributed by atoms with E-state index in [1.54, 1.807) is 0 Å². The second kappa shape index (κ2) is 9.04. The van der Waals surface area contributed by atoms with E-state index in [9.17, 15) is 4.79 Å². The van der Waals surface area contributed by atoms with E-state index >= 15 is 0 Å². The molecule has 8 heteroatoms. The monoisotopic (exact) mass is 482 g/mol. The van der Waals surface area contributed by atoms with Crippen molar-refractivity contribution in [3.63, 3.8) is 0 Å². The van der Waals surface area contributed by atoms with Crippen LogP contribution >= 0.6 is 0 Å². The second-order valence-electron chi connectivity index (χ2n) is 9.88. The van der Waals surface area contributed by atoms with Crippen LogP contribution in [0.2, 0.25) is 0 Å². The fourth-order valence-electron chi connectivity index (χ4n) is 5.40. The summed E-state index contributed by atoms with van der Waals surface area (Å²) in [7, 11) is 6.09. The van der Waals surface area contributed by atoms with E-state index in [2.05, 4.69) is 52.8 Å². The van der Waals surface area contributed by atoms with Crippen LogP contribution in [-0.4, -0.2) is 52.7 Å². The first-order valence-electron chi connectivity index (χ1n) is 12.3. The quantitative estimate of drug-likeness (QED) is 0.429. The number of ether oxygens (including phenoxy) is 1. The topological polar surface area (TPSA) is 84.3 Å². The molecule has 184 valence electrons. The molecule has 5 heterocycles. The van der Waals surface area contributed by atoms with Crippen LogP contribution in [0.3, 0.4) is 0 Å². The summed E-state index contributed by atoms with van der Waals surface area (Å²) in [5.41, 5.74) is 7.77. The number of fused-ring (bicyclic) bond motifs is 2. The minimum atomic E-state index is -0.0686. The van der Waals surface area contributed by atoms with Crippen molar-refractivity contribution in [1.82, 2.24) is 24.8 Å². The van der Waals surface area contributed by atoms with E-state index in [1.807, 2.05) is 42.2 Å². The van der Waals surface area contributed by atoms with Gasteiger partial charge < -0.3 is 24.8 Å². The number of hydrogen-bond donors (Lipinski definition) is 2. The van der Waals surface area contributed by atoms with Crippen LogP contribution in [0.1, 0.15) is 39.5 Å². The van der Waals surface area contributed by atoms with Gasteiger partial charge in [-0.25, -0.2) is 9.97 Å². The number of amides is 1. The highest BCUT2D eigenvalue weighted by atomic mass is 16.5. The summed E-state index contributed by atoms with van der Waals surface area (Å²) in [5.74, 6) is 1.05. The molecule has 1 aromatic carbocycles. The molecule has 1 atom stereocenters. The standard InChI is InChI=1S/C28H30N6O2/c1-33(2)15-24-18(17-10-13-36-16-17)5-7-25(32-24)31-23-6-4-19(22-14-30-28(35)26(22)23)20-8-11-29-27-21(20)9-12-34(27)3/h4-9,11-12,17H,10,13-16H2,1-3H3,(H,30,35)(H,31,32)/t17-/m1/s1. The zero-order valence-electron chi connectivity index (χ0n) is 20.8. The Balaban J connectivity index is 1.39. The average Bonchev–Trinajstić information content (AvgIpc) is 3.61. The van der Waals surface area contributed by atoms with Gasteiger partial charge in [0.05, 0.1) is 23.6 Å². The minimum Gasteiger partial charge on any atom is -0.381 e. The van der Waals surface area contributed by atoms with Gasteiger partial charge in [0.2, 0.25) is 0 Å². The van der Waals surface area contributed by atoms with Crippen LogP contribution in [0, 0.1) is 0 Å². The molecule has 1 saturated heterocycles. The first-order chi connectivity index (χ1) is 17.5. The Morgan fingerprint density at radius 3 is 2.86 bits per heavy atom. The molecule has 2 N–H and O–H groups in total. The van der Waals surface area contributed by atoms with Crippen molar-refractivity contribution in [2.45, 2.75) is 25.4 Å². The van der Waals surface area contributed by atoms with Crippen LogP contribution in [0.5, 0.6) is 0 Å². The lowest BCUT2D eigenvalue weighted by molar-refractivity contribution is 0.0966. The summed E-state index contributed by atoms with van der Waals surface area (Å²) in [6.45, 7) is 2.78. The summed E-state index contributed by atoms with van der Waals surface area (Å²) < 4.78 is 7.64. The Morgan fingerprint density at radius 1 is 1.17 bits per heavy atom. The van der Waals surface area contributed by atoms with Gasteiger partial charge in [-0.2, -0.15) is 0 Å². The average molecular weight is 483 g/mol. The van der Waals surface area contributed by atoms with Gasteiger partial charge in [0.1, 0.15) is 11.5 Å². The number of pyridine rings is 2. The van der Waals surface area contributed by atoms with Gasteiger partial charge in [-0.05, 0) is 67.0 Å². The predicted octanol–water partition coefficient (Wildman–Crippen LogP) is 4.19. The molecule has 1 fully saturated rings. The van der Waals surface area contributed by atoms with Gasteiger partial charge in [0.15, 0.2) is 0 Å². The Labute approximate surface area is 210 Å². The Morgan fingerprint density at radius 2 is 2.06 bits per heavy atom. The zero-order valence-corrected chi connectivity index (χ0v) is 20.8. The number of hydrogen-bond acceptors (Lipinski definition) is 6. The highest BCUT2D eigenvalue weighted by molar-refractivity contribution is 6.07. The van der Waals surface area contributed by atoms with Crippen LogP contribution in [0.4, 0.5) is 11.5 Å². The normalized spacial score (nSPS) is 17.1. The first-order valence-corrected chi connectivity index (χ1v) is 12.3. The molecule has 0 unspecified atom stereocenters. The van der Waals surface area contributed by atoms with E-state index in [-0.39, 0.29) is 5.91 Å². The number of carbonyl (C=O) groups excluding carboxylic acids is 1. The molecule has 0 radical (unpaired) electrons. The molecule has 0 aliphatic carbocycles. The summed E-state index contributed by atoms with van der Waals surface area (Å²) in [5, 5.41) is 7.54.